The second-order valence-corrected chi connectivity index (χ2v) is 9.82. The van der Waals surface area contributed by atoms with Crippen LogP contribution in [0.3, 0.4) is 0 Å². The molecule has 1 aliphatic carbocycles. The van der Waals surface area contributed by atoms with Gasteiger partial charge in [-0.2, -0.15) is 4.98 Å². The van der Waals surface area contributed by atoms with Crippen LogP contribution < -0.4 is 10.6 Å². The quantitative estimate of drug-likeness (QED) is 0.577. The zero-order valence-corrected chi connectivity index (χ0v) is 20.2. The number of hydrogen-bond donors (Lipinski definition) is 2. The van der Waals surface area contributed by atoms with Crippen molar-refractivity contribution in [2.24, 2.45) is 0 Å². The Bertz CT molecular complexity index is 937. The maximum absolute atomic E-state index is 12.6. The summed E-state index contributed by atoms with van der Waals surface area (Å²) < 4.78 is 5.49. The topological polar surface area (TPSA) is 100 Å². The number of carbonyl (C=O) groups is 2. The van der Waals surface area contributed by atoms with E-state index in [1.54, 1.807) is 0 Å². The molecule has 1 aliphatic heterocycles. The van der Waals surface area contributed by atoms with E-state index in [0.29, 0.717) is 24.6 Å². The number of hydrogen-bond acceptors (Lipinski definition) is 6. The second kappa shape index (κ2) is 11.6. The van der Waals surface area contributed by atoms with Gasteiger partial charge in [0, 0.05) is 38.9 Å². The van der Waals surface area contributed by atoms with E-state index in [-0.39, 0.29) is 17.9 Å². The summed E-state index contributed by atoms with van der Waals surface area (Å²) in [7, 11) is 0. The van der Waals surface area contributed by atoms with Crippen LogP contribution in [0.1, 0.15) is 82.0 Å². The molecular formula is C26H37N5O3. The number of amides is 2. The molecule has 2 fully saturated rings. The highest BCUT2D eigenvalue weighted by atomic mass is 16.5. The molecule has 1 aromatic heterocycles. The van der Waals surface area contributed by atoms with Crippen molar-refractivity contribution in [3.8, 4) is 0 Å². The Morgan fingerprint density at radius 2 is 1.88 bits per heavy atom. The van der Waals surface area contributed by atoms with Crippen molar-refractivity contribution in [3.05, 3.63) is 47.6 Å². The summed E-state index contributed by atoms with van der Waals surface area (Å²) >= 11 is 0. The van der Waals surface area contributed by atoms with Crippen LogP contribution in [0.2, 0.25) is 0 Å². The highest BCUT2D eigenvalue weighted by Gasteiger charge is 2.38. The van der Waals surface area contributed by atoms with Gasteiger partial charge in [-0.3, -0.25) is 14.5 Å². The van der Waals surface area contributed by atoms with Gasteiger partial charge < -0.3 is 15.2 Å². The molecule has 2 amide bonds. The Morgan fingerprint density at radius 3 is 2.62 bits per heavy atom. The molecule has 184 valence electrons. The lowest BCUT2D eigenvalue weighted by Gasteiger charge is -2.33. The van der Waals surface area contributed by atoms with E-state index < -0.39 is 5.54 Å². The van der Waals surface area contributed by atoms with Crippen LogP contribution in [0.15, 0.2) is 34.9 Å². The molecule has 0 bridgehead atoms. The minimum atomic E-state index is -0.559. The van der Waals surface area contributed by atoms with Gasteiger partial charge >= 0.3 is 0 Å². The summed E-state index contributed by atoms with van der Waals surface area (Å²) in [6.07, 6.45) is 8.76. The molecule has 0 spiro atoms. The summed E-state index contributed by atoms with van der Waals surface area (Å²) in [5, 5.41) is 10.5. The van der Waals surface area contributed by atoms with E-state index in [1.165, 1.54) is 12.5 Å². The molecule has 1 atom stereocenters. The molecule has 2 N–H and O–H groups in total. The smallest absolute Gasteiger partial charge is 0.227 e. The number of aromatic nitrogens is 2. The van der Waals surface area contributed by atoms with E-state index in [2.05, 4.69) is 49.9 Å². The molecular weight excluding hydrogens is 430 g/mol. The average Bonchev–Trinajstić information content (AvgIpc) is 3.18. The number of likely N-dealkylation sites (tertiary alicyclic amines) is 1. The van der Waals surface area contributed by atoms with Gasteiger partial charge in [-0.1, -0.05) is 61.2 Å². The number of carbonyl (C=O) groups excluding carboxylic acids is 2. The molecule has 4 rings (SSSR count). The van der Waals surface area contributed by atoms with Crippen molar-refractivity contribution in [3.63, 3.8) is 0 Å². The Kier molecular flexibility index (Phi) is 8.32. The summed E-state index contributed by atoms with van der Waals surface area (Å²) in [4.78, 5) is 31.5. The molecule has 1 unspecified atom stereocenters. The van der Waals surface area contributed by atoms with Crippen molar-refractivity contribution in [1.82, 2.24) is 25.7 Å². The fourth-order valence-electron chi connectivity index (χ4n) is 5.30. The second-order valence-electron chi connectivity index (χ2n) is 9.82. The van der Waals surface area contributed by atoms with Crippen molar-refractivity contribution in [2.75, 3.05) is 13.1 Å². The first-order valence-electron chi connectivity index (χ1n) is 12.7. The van der Waals surface area contributed by atoms with Crippen LogP contribution in [0.4, 0.5) is 0 Å². The fourth-order valence-corrected chi connectivity index (χ4v) is 5.30. The van der Waals surface area contributed by atoms with E-state index >= 15 is 0 Å². The summed E-state index contributed by atoms with van der Waals surface area (Å²) in [6, 6.07) is 10.6. The van der Waals surface area contributed by atoms with Crippen molar-refractivity contribution in [2.45, 2.75) is 89.3 Å². The monoisotopic (exact) mass is 467 g/mol. The Balaban J connectivity index is 1.28. The third-order valence-corrected chi connectivity index (χ3v) is 6.95. The van der Waals surface area contributed by atoms with E-state index in [4.69, 9.17) is 4.52 Å². The molecule has 8 nitrogen and oxygen atoms in total. The lowest BCUT2D eigenvalue weighted by atomic mass is 9.89. The zero-order chi connectivity index (χ0) is 23.8. The van der Waals surface area contributed by atoms with Crippen LogP contribution >= 0.6 is 0 Å². The minimum Gasteiger partial charge on any atom is -0.352 e. The van der Waals surface area contributed by atoms with Gasteiger partial charge in [-0.25, -0.2) is 0 Å². The number of benzene rings is 1. The van der Waals surface area contributed by atoms with E-state index in [9.17, 15) is 9.59 Å². The predicted molar refractivity (Wildman–Crippen MR) is 129 cm³/mol. The van der Waals surface area contributed by atoms with Gasteiger partial charge in [-0.05, 0) is 37.8 Å². The first-order chi connectivity index (χ1) is 16.5. The zero-order valence-electron chi connectivity index (χ0n) is 20.2. The number of piperidine rings is 1. The lowest BCUT2D eigenvalue weighted by molar-refractivity contribution is -0.122. The molecule has 1 saturated carbocycles. The standard InChI is InChI=1S/C26H37N5O3/c1-20(32)29-26(15-7-2-3-8-16-26)25-28-24(34-30-25)14-13-23(33)27-22-12-9-17-31(19-22)18-21-10-5-4-6-11-21/h4-6,10-11,22H,2-3,7-9,12-19H2,1H3,(H,27,33)(H,29,32). The van der Waals surface area contributed by atoms with Gasteiger partial charge in [0.15, 0.2) is 5.82 Å². The highest BCUT2D eigenvalue weighted by molar-refractivity contribution is 5.76. The molecule has 1 aromatic carbocycles. The van der Waals surface area contributed by atoms with Crippen molar-refractivity contribution >= 4 is 11.8 Å². The number of rotatable bonds is 8. The first kappa shape index (κ1) is 24.4. The molecule has 0 radical (unpaired) electrons. The van der Waals surface area contributed by atoms with Gasteiger partial charge in [0.2, 0.25) is 17.7 Å². The Labute approximate surface area is 201 Å². The van der Waals surface area contributed by atoms with Crippen LogP contribution in [-0.2, 0) is 28.1 Å². The van der Waals surface area contributed by atoms with Gasteiger partial charge in [0.25, 0.3) is 0 Å². The Morgan fingerprint density at radius 1 is 1.12 bits per heavy atom. The van der Waals surface area contributed by atoms with Crippen LogP contribution in [-0.4, -0.2) is 46.0 Å². The summed E-state index contributed by atoms with van der Waals surface area (Å²) in [5.74, 6) is 0.927. The van der Waals surface area contributed by atoms with Crippen LogP contribution in [0, 0.1) is 0 Å². The number of nitrogens with zero attached hydrogens (tertiary/aromatic N) is 3. The molecule has 1 saturated heterocycles. The normalized spacial score (nSPS) is 20.9. The van der Waals surface area contributed by atoms with Crippen molar-refractivity contribution < 1.29 is 14.1 Å². The number of nitrogens with one attached hydrogen (secondary N) is 2. The predicted octanol–water partition coefficient (Wildman–Crippen LogP) is 3.47. The minimum absolute atomic E-state index is 0.0114. The van der Waals surface area contributed by atoms with Gasteiger partial charge in [0.1, 0.15) is 5.54 Å². The van der Waals surface area contributed by atoms with Gasteiger partial charge in [-0.15, -0.1) is 0 Å². The molecule has 34 heavy (non-hydrogen) atoms. The maximum Gasteiger partial charge on any atom is 0.227 e. The van der Waals surface area contributed by atoms with E-state index in [0.717, 1.165) is 71.0 Å². The number of aryl methyl sites for hydroxylation is 1. The third-order valence-electron chi connectivity index (χ3n) is 6.95. The molecule has 2 heterocycles. The van der Waals surface area contributed by atoms with Crippen LogP contribution in [0.25, 0.3) is 0 Å². The molecule has 8 heteroatoms. The van der Waals surface area contributed by atoms with Gasteiger partial charge in [0.05, 0.1) is 0 Å². The SMILES string of the molecule is CC(=O)NC1(c2noc(CCC(=O)NC3CCCN(Cc4ccccc4)C3)n2)CCCCCC1. The lowest BCUT2D eigenvalue weighted by Crippen LogP contribution is -2.47. The highest BCUT2D eigenvalue weighted by Crippen LogP contribution is 2.34. The molecule has 2 aromatic rings. The third kappa shape index (κ3) is 6.65. The largest absolute Gasteiger partial charge is 0.352 e. The average molecular weight is 468 g/mol. The van der Waals surface area contributed by atoms with E-state index in [1.807, 2.05) is 6.07 Å². The summed E-state index contributed by atoms with van der Waals surface area (Å²) in [6.45, 7) is 4.37. The maximum atomic E-state index is 12.6. The Hall–Kier alpha value is -2.74. The summed E-state index contributed by atoms with van der Waals surface area (Å²) in [5.41, 5.74) is 0.740. The fraction of sp³-hybridized carbons (Fsp3) is 0.615. The van der Waals surface area contributed by atoms with Crippen LogP contribution in [0.5, 0.6) is 0 Å². The first-order valence-corrected chi connectivity index (χ1v) is 12.7. The molecule has 2 aliphatic rings. The van der Waals surface area contributed by atoms with Crippen molar-refractivity contribution in [1.29, 1.82) is 0 Å².